The van der Waals surface area contributed by atoms with Crippen LogP contribution in [0.3, 0.4) is 0 Å². The Kier molecular flexibility index (Phi) is 5.85. The van der Waals surface area contributed by atoms with Crippen molar-refractivity contribution in [2.24, 2.45) is 0 Å². The van der Waals surface area contributed by atoms with Gasteiger partial charge in [-0.3, -0.25) is 4.79 Å². The summed E-state index contributed by atoms with van der Waals surface area (Å²) in [6.45, 7) is 3.75. The number of thioether (sulfide) groups is 1. The minimum absolute atomic E-state index is 0.0599. The van der Waals surface area contributed by atoms with Gasteiger partial charge >= 0.3 is 0 Å². The van der Waals surface area contributed by atoms with Crippen molar-refractivity contribution in [2.75, 3.05) is 12.9 Å². The molecule has 0 saturated carbocycles. The van der Waals surface area contributed by atoms with E-state index in [1.165, 1.54) is 23.9 Å². The molecule has 0 spiro atoms. The Hall–Kier alpha value is -3.46. The fourth-order valence-electron chi connectivity index (χ4n) is 3.49. The van der Waals surface area contributed by atoms with Crippen molar-refractivity contribution in [1.29, 1.82) is 0 Å². The Labute approximate surface area is 182 Å². The van der Waals surface area contributed by atoms with Gasteiger partial charge in [0.05, 0.1) is 12.9 Å². The molecule has 0 aliphatic carbocycles. The number of para-hydroxylation sites is 2. The van der Waals surface area contributed by atoms with Crippen molar-refractivity contribution >= 4 is 17.5 Å². The molecule has 0 fully saturated rings. The van der Waals surface area contributed by atoms with E-state index >= 15 is 0 Å². The maximum atomic E-state index is 13.7. The Bertz CT molecular complexity index is 1250. The number of benzene rings is 2. The number of ketones is 1. The number of aryl methyl sites for hydroxylation is 1. The molecule has 2 aromatic carbocycles. The topological polar surface area (TPSA) is 74.8 Å². The molecule has 158 valence electrons. The van der Waals surface area contributed by atoms with Crippen LogP contribution in [0.25, 0.3) is 11.4 Å². The predicted octanol–water partition coefficient (Wildman–Crippen LogP) is 4.19. The second kappa shape index (κ2) is 8.73. The smallest absolute Gasteiger partial charge is 0.214 e. The molecule has 0 N–H and O–H groups in total. The minimum atomic E-state index is -0.323. The number of methoxy groups -OCH3 is 1. The lowest BCUT2D eigenvalue weighted by Crippen LogP contribution is -2.07. The quantitative estimate of drug-likeness (QED) is 0.319. The highest BCUT2D eigenvalue weighted by molar-refractivity contribution is 7.99. The van der Waals surface area contributed by atoms with Gasteiger partial charge < -0.3 is 9.30 Å². The number of carbonyl (C=O) groups is 1. The van der Waals surface area contributed by atoms with Crippen molar-refractivity contribution in [3.8, 4) is 17.1 Å². The molecule has 0 saturated heterocycles. The van der Waals surface area contributed by atoms with Crippen molar-refractivity contribution < 1.29 is 13.9 Å². The first-order chi connectivity index (χ1) is 15.0. The minimum Gasteiger partial charge on any atom is -0.494 e. The molecule has 2 aromatic heterocycles. The summed E-state index contributed by atoms with van der Waals surface area (Å²) >= 11 is 1.25. The standard InChI is InChI=1S/C22H20FN5O2S/c1-14-11-18(15(2)27(14)17-8-6-7-16(23)12-17)20(29)13-31-22-24-25-26-28(22)19-9-4-5-10-21(19)30-3/h4-12H,13H2,1-3H3. The lowest BCUT2D eigenvalue weighted by molar-refractivity contribution is 0.102. The Morgan fingerprint density at radius 3 is 2.71 bits per heavy atom. The number of aromatic nitrogens is 5. The molecule has 31 heavy (non-hydrogen) atoms. The summed E-state index contributed by atoms with van der Waals surface area (Å²) in [6.07, 6.45) is 0. The first-order valence-electron chi connectivity index (χ1n) is 9.52. The number of tetrazole rings is 1. The van der Waals surface area contributed by atoms with Gasteiger partial charge in [-0.05, 0) is 60.7 Å². The van der Waals surface area contributed by atoms with Crippen LogP contribution in [0.2, 0.25) is 0 Å². The molecule has 0 aliphatic heterocycles. The average molecular weight is 438 g/mol. The SMILES string of the molecule is COc1ccccc1-n1nnnc1SCC(=O)c1cc(C)n(-c2cccc(F)c2)c1C. The number of hydrogen-bond acceptors (Lipinski definition) is 6. The summed E-state index contributed by atoms with van der Waals surface area (Å²) < 4.78 is 22.5. The van der Waals surface area contributed by atoms with Gasteiger partial charge in [0.15, 0.2) is 5.78 Å². The second-order valence-electron chi connectivity index (χ2n) is 6.86. The van der Waals surface area contributed by atoms with E-state index in [9.17, 15) is 9.18 Å². The van der Waals surface area contributed by atoms with Crippen molar-refractivity contribution in [3.05, 3.63) is 77.4 Å². The largest absolute Gasteiger partial charge is 0.494 e. The number of nitrogens with zero attached hydrogens (tertiary/aromatic N) is 5. The fourth-order valence-corrected chi connectivity index (χ4v) is 4.26. The van der Waals surface area contributed by atoms with Crippen LogP contribution in [0, 0.1) is 19.7 Å². The van der Waals surface area contributed by atoms with Crippen molar-refractivity contribution in [1.82, 2.24) is 24.8 Å². The van der Waals surface area contributed by atoms with Gasteiger partial charge in [0.1, 0.15) is 17.3 Å². The highest BCUT2D eigenvalue weighted by atomic mass is 32.2. The lowest BCUT2D eigenvalue weighted by atomic mass is 10.2. The van der Waals surface area contributed by atoms with E-state index in [1.54, 1.807) is 17.9 Å². The van der Waals surface area contributed by atoms with Crippen LogP contribution in [-0.4, -0.2) is 43.4 Å². The van der Waals surface area contributed by atoms with Gasteiger partial charge in [-0.25, -0.2) is 4.39 Å². The number of carbonyl (C=O) groups excluding carboxylic acids is 1. The Morgan fingerprint density at radius 2 is 1.94 bits per heavy atom. The van der Waals surface area contributed by atoms with Crippen molar-refractivity contribution in [3.63, 3.8) is 0 Å². The van der Waals surface area contributed by atoms with E-state index in [0.29, 0.717) is 27.8 Å². The molecule has 7 nitrogen and oxygen atoms in total. The van der Waals surface area contributed by atoms with E-state index in [4.69, 9.17) is 4.74 Å². The van der Waals surface area contributed by atoms with Crippen LogP contribution in [0.4, 0.5) is 4.39 Å². The molecular weight excluding hydrogens is 417 g/mol. The monoisotopic (exact) mass is 437 g/mol. The zero-order valence-electron chi connectivity index (χ0n) is 17.2. The number of rotatable bonds is 7. The normalized spacial score (nSPS) is 11.0. The third-order valence-corrected chi connectivity index (χ3v) is 5.80. The third-order valence-electron chi connectivity index (χ3n) is 4.88. The van der Waals surface area contributed by atoms with E-state index in [1.807, 2.05) is 54.8 Å². The lowest BCUT2D eigenvalue weighted by Gasteiger charge is -2.10. The summed E-state index contributed by atoms with van der Waals surface area (Å²) in [5.41, 5.74) is 3.58. The molecule has 0 amide bonds. The molecule has 0 atom stereocenters. The third kappa shape index (κ3) is 4.09. The Morgan fingerprint density at radius 1 is 1.13 bits per heavy atom. The molecule has 9 heteroatoms. The number of Topliss-reactive ketones (excluding diaryl/α,β-unsaturated/α-hetero) is 1. The van der Waals surface area contributed by atoms with E-state index in [0.717, 1.165) is 11.4 Å². The summed E-state index contributed by atoms with van der Waals surface area (Å²) in [5, 5.41) is 12.3. The highest BCUT2D eigenvalue weighted by Crippen LogP contribution is 2.27. The van der Waals surface area contributed by atoms with Crippen LogP contribution in [0.15, 0.2) is 59.8 Å². The summed E-state index contributed by atoms with van der Waals surface area (Å²) in [7, 11) is 1.58. The highest BCUT2D eigenvalue weighted by Gasteiger charge is 2.19. The summed E-state index contributed by atoms with van der Waals surface area (Å²) in [6, 6.07) is 15.5. The molecule has 0 radical (unpaired) electrons. The molecule has 0 unspecified atom stereocenters. The van der Waals surface area contributed by atoms with Gasteiger partial charge in [-0.2, -0.15) is 4.68 Å². The fraction of sp³-hybridized carbons (Fsp3) is 0.182. The van der Waals surface area contributed by atoms with Gasteiger partial charge in [0.2, 0.25) is 5.16 Å². The van der Waals surface area contributed by atoms with Gasteiger partial charge in [-0.1, -0.05) is 30.0 Å². The second-order valence-corrected chi connectivity index (χ2v) is 7.80. The van der Waals surface area contributed by atoms with Crippen molar-refractivity contribution in [2.45, 2.75) is 19.0 Å². The Balaban J connectivity index is 1.56. The van der Waals surface area contributed by atoms with Crippen LogP contribution >= 0.6 is 11.8 Å². The van der Waals surface area contributed by atoms with E-state index < -0.39 is 0 Å². The van der Waals surface area contributed by atoms with E-state index in [2.05, 4.69) is 15.5 Å². The van der Waals surface area contributed by atoms with Crippen LogP contribution < -0.4 is 4.74 Å². The van der Waals surface area contributed by atoms with Crippen LogP contribution in [0.1, 0.15) is 21.7 Å². The molecule has 2 heterocycles. The van der Waals surface area contributed by atoms with Crippen LogP contribution in [-0.2, 0) is 0 Å². The molecule has 4 aromatic rings. The number of ether oxygens (including phenoxy) is 1. The summed E-state index contributed by atoms with van der Waals surface area (Å²) in [5.74, 6) is 0.400. The van der Waals surface area contributed by atoms with E-state index in [-0.39, 0.29) is 17.4 Å². The number of hydrogen-bond donors (Lipinski definition) is 0. The van der Waals surface area contributed by atoms with Gasteiger partial charge in [0.25, 0.3) is 0 Å². The predicted molar refractivity (Wildman–Crippen MR) is 116 cm³/mol. The summed E-state index contributed by atoms with van der Waals surface area (Å²) in [4.78, 5) is 13.0. The molecule has 4 rings (SSSR count). The zero-order valence-corrected chi connectivity index (χ0v) is 18.1. The average Bonchev–Trinajstić information content (AvgIpc) is 3.35. The maximum absolute atomic E-state index is 13.7. The molecular formula is C22H20FN5O2S. The molecule has 0 aliphatic rings. The first kappa shape index (κ1) is 20.8. The van der Waals surface area contributed by atoms with Gasteiger partial charge in [0, 0.05) is 22.6 Å². The number of halogens is 1. The first-order valence-corrected chi connectivity index (χ1v) is 10.5. The zero-order chi connectivity index (χ0) is 22.0. The maximum Gasteiger partial charge on any atom is 0.214 e. The van der Waals surface area contributed by atoms with Crippen LogP contribution in [0.5, 0.6) is 5.75 Å². The van der Waals surface area contributed by atoms with Gasteiger partial charge in [-0.15, -0.1) is 5.10 Å². The molecule has 0 bridgehead atoms.